The fourth-order valence-electron chi connectivity index (χ4n) is 2.54. The lowest BCUT2D eigenvalue weighted by Gasteiger charge is -2.29. The van der Waals surface area contributed by atoms with E-state index >= 15 is 0 Å². The molecule has 0 aliphatic rings. The van der Waals surface area contributed by atoms with Crippen LogP contribution in [0.4, 0.5) is 13.2 Å². The summed E-state index contributed by atoms with van der Waals surface area (Å²) in [6.45, 7) is 0. The van der Waals surface area contributed by atoms with Gasteiger partial charge in [0.1, 0.15) is 21.8 Å². The summed E-state index contributed by atoms with van der Waals surface area (Å²) in [5.74, 6) is -1.04. The van der Waals surface area contributed by atoms with Gasteiger partial charge in [-0.25, -0.2) is 13.2 Å². The number of hydrogen-bond donors (Lipinski definition) is 0. The number of alkyl halides is 1. The first-order valence-corrected chi connectivity index (χ1v) is 7.76. The standard InChI is InChI=1S/C19H12BrF3/c20-19(13-1-7-16(21)8-2-13,14-3-9-17(22)10-4-14)15-5-11-18(23)12-6-15/h1-12H. The maximum Gasteiger partial charge on any atom is 0.123 e. The molecule has 0 aliphatic carbocycles. The molecule has 0 N–H and O–H groups in total. The molecule has 0 atom stereocenters. The maximum atomic E-state index is 13.3. The Hall–Kier alpha value is -2.07. The average Bonchev–Trinajstić information content (AvgIpc) is 2.56. The molecule has 3 rings (SSSR count). The SMILES string of the molecule is Fc1ccc(C(Br)(c2ccc(F)cc2)c2ccc(F)cc2)cc1. The Morgan fingerprint density at radius 1 is 0.478 bits per heavy atom. The highest BCUT2D eigenvalue weighted by Gasteiger charge is 2.33. The normalized spacial score (nSPS) is 11.5. The molecule has 0 saturated heterocycles. The molecule has 0 saturated carbocycles. The lowest BCUT2D eigenvalue weighted by Crippen LogP contribution is -2.21. The van der Waals surface area contributed by atoms with Crippen molar-refractivity contribution in [2.24, 2.45) is 0 Å². The molecule has 3 aromatic carbocycles. The molecule has 0 spiro atoms. The number of halogens is 4. The Balaban J connectivity index is 2.21. The van der Waals surface area contributed by atoms with E-state index in [4.69, 9.17) is 0 Å². The Morgan fingerprint density at radius 2 is 0.696 bits per heavy atom. The second-order valence-corrected chi connectivity index (χ2v) is 6.37. The first-order chi connectivity index (χ1) is 11.0. The fraction of sp³-hybridized carbons (Fsp3) is 0.0526. The van der Waals surface area contributed by atoms with Crippen LogP contribution in [-0.4, -0.2) is 0 Å². The molecule has 3 aromatic rings. The molecule has 0 aliphatic heterocycles. The number of benzene rings is 3. The summed E-state index contributed by atoms with van der Waals surface area (Å²) < 4.78 is 39.0. The van der Waals surface area contributed by atoms with Gasteiger partial charge in [-0.2, -0.15) is 0 Å². The van der Waals surface area contributed by atoms with Crippen LogP contribution < -0.4 is 0 Å². The van der Waals surface area contributed by atoms with Crippen molar-refractivity contribution in [1.29, 1.82) is 0 Å². The zero-order valence-electron chi connectivity index (χ0n) is 11.9. The van der Waals surface area contributed by atoms with E-state index in [0.29, 0.717) is 0 Å². The molecule has 0 radical (unpaired) electrons. The Labute approximate surface area is 140 Å². The van der Waals surface area contributed by atoms with Crippen LogP contribution in [0, 0.1) is 17.5 Å². The molecular weight excluding hydrogens is 365 g/mol. The molecule has 0 bridgehead atoms. The van der Waals surface area contributed by atoms with Gasteiger partial charge < -0.3 is 0 Å². The Bertz CT molecular complexity index is 683. The zero-order valence-corrected chi connectivity index (χ0v) is 13.5. The summed E-state index contributed by atoms with van der Waals surface area (Å²) in [6, 6.07) is 18.1. The van der Waals surface area contributed by atoms with Crippen LogP contribution in [0.3, 0.4) is 0 Å². The smallest absolute Gasteiger partial charge is 0.123 e. The highest BCUT2D eigenvalue weighted by Crippen LogP contribution is 2.44. The molecule has 116 valence electrons. The van der Waals surface area contributed by atoms with Gasteiger partial charge in [0.25, 0.3) is 0 Å². The second kappa shape index (κ2) is 6.20. The van der Waals surface area contributed by atoms with E-state index in [1.165, 1.54) is 36.4 Å². The van der Waals surface area contributed by atoms with E-state index in [9.17, 15) is 13.2 Å². The molecule has 0 aromatic heterocycles. The van der Waals surface area contributed by atoms with Crippen molar-refractivity contribution in [3.63, 3.8) is 0 Å². The van der Waals surface area contributed by atoms with Crippen molar-refractivity contribution >= 4 is 15.9 Å². The third kappa shape index (κ3) is 3.04. The quantitative estimate of drug-likeness (QED) is 0.400. The Morgan fingerprint density at radius 3 is 0.913 bits per heavy atom. The van der Waals surface area contributed by atoms with Crippen LogP contribution in [0.15, 0.2) is 72.8 Å². The van der Waals surface area contributed by atoms with Gasteiger partial charge in [0.2, 0.25) is 0 Å². The van der Waals surface area contributed by atoms with Crippen molar-refractivity contribution in [3.05, 3.63) is 107 Å². The van der Waals surface area contributed by atoms with Crippen LogP contribution in [0.5, 0.6) is 0 Å². The molecule has 0 amide bonds. The molecule has 0 nitrogen and oxygen atoms in total. The van der Waals surface area contributed by atoms with Crippen molar-refractivity contribution in [1.82, 2.24) is 0 Å². The lowest BCUT2D eigenvalue weighted by atomic mass is 9.85. The van der Waals surface area contributed by atoms with E-state index in [1.54, 1.807) is 36.4 Å². The van der Waals surface area contributed by atoms with E-state index < -0.39 is 4.32 Å². The molecule has 0 fully saturated rings. The van der Waals surface area contributed by atoms with Crippen molar-refractivity contribution in [2.75, 3.05) is 0 Å². The first kappa shape index (κ1) is 15.8. The van der Waals surface area contributed by atoms with Crippen LogP contribution >= 0.6 is 15.9 Å². The molecule has 0 heterocycles. The third-order valence-corrected chi connectivity index (χ3v) is 5.10. The summed E-state index contributed by atoms with van der Waals surface area (Å²) in [6.07, 6.45) is 0. The van der Waals surface area contributed by atoms with Gasteiger partial charge in [-0.15, -0.1) is 0 Å². The molecule has 23 heavy (non-hydrogen) atoms. The van der Waals surface area contributed by atoms with Crippen molar-refractivity contribution in [3.8, 4) is 0 Å². The predicted molar refractivity (Wildman–Crippen MR) is 88.0 cm³/mol. The number of rotatable bonds is 3. The van der Waals surface area contributed by atoms with E-state index in [0.717, 1.165) is 16.7 Å². The topological polar surface area (TPSA) is 0 Å². The first-order valence-electron chi connectivity index (χ1n) is 6.97. The fourth-order valence-corrected chi connectivity index (χ4v) is 3.33. The van der Waals surface area contributed by atoms with Crippen LogP contribution in [0.2, 0.25) is 0 Å². The van der Waals surface area contributed by atoms with Gasteiger partial charge in [0.05, 0.1) is 0 Å². The van der Waals surface area contributed by atoms with E-state index in [2.05, 4.69) is 15.9 Å². The molecular formula is C19H12BrF3. The van der Waals surface area contributed by atoms with E-state index in [1.807, 2.05) is 0 Å². The van der Waals surface area contributed by atoms with Gasteiger partial charge >= 0.3 is 0 Å². The summed E-state index contributed by atoms with van der Waals surface area (Å²) in [7, 11) is 0. The van der Waals surface area contributed by atoms with E-state index in [-0.39, 0.29) is 17.5 Å². The maximum absolute atomic E-state index is 13.3. The van der Waals surface area contributed by atoms with Gasteiger partial charge in [0.15, 0.2) is 0 Å². The minimum absolute atomic E-state index is 0.346. The zero-order chi connectivity index (χ0) is 16.4. The number of hydrogen-bond acceptors (Lipinski definition) is 0. The summed E-state index contributed by atoms with van der Waals surface area (Å²) >= 11 is 3.72. The predicted octanol–water partition coefficient (Wildman–Crippen LogP) is 5.79. The Kier molecular flexibility index (Phi) is 4.26. The van der Waals surface area contributed by atoms with Crippen molar-refractivity contribution in [2.45, 2.75) is 4.32 Å². The van der Waals surface area contributed by atoms with Gasteiger partial charge in [0, 0.05) is 0 Å². The highest BCUT2D eigenvalue weighted by molar-refractivity contribution is 9.10. The minimum Gasteiger partial charge on any atom is -0.207 e. The van der Waals surface area contributed by atoms with Crippen LogP contribution in [0.1, 0.15) is 16.7 Å². The monoisotopic (exact) mass is 376 g/mol. The second-order valence-electron chi connectivity index (χ2n) is 5.18. The average molecular weight is 377 g/mol. The highest BCUT2D eigenvalue weighted by atomic mass is 79.9. The van der Waals surface area contributed by atoms with Crippen LogP contribution in [0.25, 0.3) is 0 Å². The van der Waals surface area contributed by atoms with Crippen LogP contribution in [-0.2, 0) is 4.32 Å². The summed E-state index contributed by atoms with van der Waals surface area (Å²) in [4.78, 5) is 0. The van der Waals surface area contributed by atoms with Crippen molar-refractivity contribution < 1.29 is 13.2 Å². The lowest BCUT2D eigenvalue weighted by molar-refractivity contribution is 0.624. The largest absolute Gasteiger partial charge is 0.207 e. The van der Waals surface area contributed by atoms with Gasteiger partial charge in [-0.3, -0.25) is 0 Å². The van der Waals surface area contributed by atoms with Gasteiger partial charge in [-0.05, 0) is 53.1 Å². The van der Waals surface area contributed by atoms with Gasteiger partial charge in [-0.1, -0.05) is 52.3 Å². The third-order valence-electron chi connectivity index (χ3n) is 3.73. The minimum atomic E-state index is -0.831. The summed E-state index contributed by atoms with van der Waals surface area (Å²) in [5, 5.41) is 0. The molecule has 4 heteroatoms. The summed E-state index contributed by atoms with van der Waals surface area (Å²) in [5.41, 5.74) is 2.28. The molecule has 0 unspecified atom stereocenters.